The Hall–Kier alpha value is -12.1. The summed E-state index contributed by atoms with van der Waals surface area (Å²) in [5.41, 5.74) is 16.6. The number of pyridine rings is 14. The van der Waals surface area contributed by atoms with Gasteiger partial charge in [0.25, 0.3) is 0 Å². The first kappa shape index (κ1) is 137. The summed E-state index contributed by atoms with van der Waals surface area (Å²) in [6, 6.07) is 80.7. The molecular formula is C82H62Cl2F36N20P6PtRu2. The van der Waals surface area contributed by atoms with Crippen LogP contribution in [0.3, 0.4) is 0 Å². The van der Waals surface area contributed by atoms with Crippen molar-refractivity contribution in [3.05, 3.63) is 379 Å². The molecule has 0 spiro atoms. The molecule has 812 valence electrons. The number of hydrogen-bond acceptors (Lipinski definition) is 20. The Morgan fingerprint density at radius 3 is 0.235 bits per heavy atom. The average Bonchev–Trinajstić information content (AvgIpc) is 0.796. The van der Waals surface area contributed by atoms with Gasteiger partial charge in [0.15, 0.2) is 0 Å². The molecule has 0 saturated carbocycles. The summed E-state index contributed by atoms with van der Waals surface area (Å²) in [6.07, 6.45) is 34.6. The molecule has 0 saturated heterocycles. The maximum absolute atomic E-state index is 10.7. The van der Waals surface area contributed by atoms with Crippen LogP contribution in [0.1, 0.15) is 0 Å². The van der Waals surface area contributed by atoms with Crippen LogP contribution in [-0.4, -0.2) is 99.7 Å². The molecule has 67 heteroatoms. The molecule has 17 aromatic heterocycles. The third-order valence-electron chi connectivity index (χ3n) is 13.9. The first-order valence-electron chi connectivity index (χ1n) is 38.0. The largest absolute Gasteiger partial charge is 3.00 e. The summed E-state index contributed by atoms with van der Waals surface area (Å²) < 4.78 is 355. The predicted octanol–water partition coefficient (Wildman–Crippen LogP) is 30.7. The van der Waals surface area contributed by atoms with Crippen molar-refractivity contribution in [3.63, 3.8) is 0 Å². The van der Waals surface area contributed by atoms with Gasteiger partial charge in [0.1, 0.15) is 34.2 Å². The van der Waals surface area contributed by atoms with E-state index >= 15 is 0 Å². The zero-order valence-electron chi connectivity index (χ0n) is 72.8. The quantitative estimate of drug-likeness (QED) is 0.0700. The molecule has 0 atom stereocenters. The zero-order chi connectivity index (χ0) is 108. The third-order valence-corrected chi connectivity index (χ3v) is 13.9. The molecular weight excluding hydrogens is 2600 g/mol. The van der Waals surface area contributed by atoms with E-state index in [-0.39, 0.29) is 84.8 Å². The van der Waals surface area contributed by atoms with Crippen LogP contribution in [0.5, 0.6) is 0 Å². The van der Waals surface area contributed by atoms with Crippen molar-refractivity contribution >= 4 is 46.9 Å². The van der Waals surface area contributed by atoms with Crippen LogP contribution in [0.15, 0.2) is 379 Å². The topological polar surface area (TPSA) is 258 Å². The SMILES string of the molecule is F[P-](F)(F)(F)(F)F.F[P-](F)(F)(F)(F)F.F[P-](F)(F)(F)(F)F.F[P-](F)(F)(F)(F)F.F[P-](F)(F)(F)(F)F.F[P-](F)(F)(F)(F)F.[Cl-].[Cl-].[Pt+2].[Ru+3].[Ru+3].c1ccc(-c2ccccn2)nc1.c1ccc(-c2ccccn2)nc1.c1ccc(-c2ccccn2)nc1.c1ccc(-c2ccccn2)nc1.c1ccc(-c2nccnc2-c2ccccn2)nc1.c1ccc(-c2nccnc2-c2ccccn2)nc1.c1ccc(-c2nccnc2-c2ccccn2)nc1. The minimum absolute atomic E-state index is 0. The van der Waals surface area contributed by atoms with Crippen molar-refractivity contribution in [2.45, 2.75) is 0 Å². The molecule has 0 N–H and O–H groups in total. The van der Waals surface area contributed by atoms with Crippen LogP contribution in [0.2, 0.25) is 0 Å². The van der Waals surface area contributed by atoms with Gasteiger partial charge in [0.05, 0.1) is 79.7 Å². The Morgan fingerprint density at radius 2 is 0.174 bits per heavy atom. The zero-order valence-corrected chi connectivity index (χ0v) is 85.4. The fourth-order valence-electron chi connectivity index (χ4n) is 9.27. The summed E-state index contributed by atoms with van der Waals surface area (Å²) in [6.45, 7) is 0. The Morgan fingerprint density at radius 1 is 0.107 bits per heavy atom. The van der Waals surface area contributed by atoms with Crippen molar-refractivity contribution in [2.24, 2.45) is 0 Å². The molecule has 0 unspecified atom stereocenters. The molecule has 0 aromatic carbocycles. The van der Waals surface area contributed by atoms with Crippen LogP contribution in [0.4, 0.5) is 151 Å². The van der Waals surface area contributed by atoms with Gasteiger partial charge in [0, 0.05) is 124 Å². The van der Waals surface area contributed by atoms with Gasteiger partial charge in [-0.3, -0.25) is 99.7 Å². The molecule has 17 heterocycles. The molecule has 0 fully saturated rings. The van der Waals surface area contributed by atoms with Crippen molar-refractivity contribution in [1.82, 2.24) is 99.7 Å². The summed E-state index contributed by atoms with van der Waals surface area (Å²) in [5.74, 6) is 0. The summed E-state index contributed by atoms with van der Waals surface area (Å²) in [7, 11) is -63.9. The molecule has 0 bridgehead atoms. The first-order chi connectivity index (χ1) is 65.4. The van der Waals surface area contributed by atoms with E-state index in [2.05, 4.69) is 99.7 Å². The van der Waals surface area contributed by atoms with Gasteiger partial charge in [-0.25, -0.2) is 0 Å². The van der Waals surface area contributed by atoms with E-state index in [4.69, 9.17) is 0 Å². The van der Waals surface area contributed by atoms with Crippen LogP contribution in [0, 0.1) is 0 Å². The van der Waals surface area contributed by atoms with Crippen molar-refractivity contribution < 1.29 is 236 Å². The van der Waals surface area contributed by atoms with Gasteiger partial charge in [-0.2, -0.15) is 0 Å². The minimum Gasteiger partial charge on any atom is -1.00 e. The van der Waals surface area contributed by atoms with Crippen molar-refractivity contribution in [3.8, 4) is 114 Å². The van der Waals surface area contributed by atoms with E-state index in [1.165, 1.54) is 0 Å². The monoisotopic (exact) mass is 2670 g/mol. The predicted molar refractivity (Wildman–Crippen MR) is 477 cm³/mol. The van der Waals surface area contributed by atoms with Gasteiger partial charge < -0.3 is 24.8 Å². The van der Waals surface area contributed by atoms with Crippen LogP contribution < -0.4 is 24.8 Å². The second kappa shape index (κ2) is 51.2. The first-order valence-corrected chi connectivity index (χ1v) is 50.2. The summed E-state index contributed by atoms with van der Waals surface area (Å²) >= 11 is 0. The molecule has 20 nitrogen and oxygen atoms in total. The van der Waals surface area contributed by atoms with Gasteiger partial charge in [-0.1, -0.05) is 84.9 Å². The summed E-state index contributed by atoms with van der Waals surface area (Å²) in [5, 5.41) is 0. The number of halogens is 38. The van der Waals surface area contributed by atoms with E-state index in [0.717, 1.165) is 114 Å². The van der Waals surface area contributed by atoms with E-state index in [9.17, 15) is 151 Å². The fourth-order valence-corrected chi connectivity index (χ4v) is 9.27. The normalized spacial score (nSPS) is 13.3. The molecule has 17 rings (SSSR count). The average molecular weight is 2670 g/mol. The number of hydrogen-bond donors (Lipinski definition) is 0. The molecule has 149 heavy (non-hydrogen) atoms. The van der Waals surface area contributed by atoms with E-state index in [0.29, 0.717) is 0 Å². The molecule has 0 aliphatic rings. The Bertz CT molecular complexity index is 5600. The van der Waals surface area contributed by atoms with E-state index in [1.807, 2.05) is 255 Å². The van der Waals surface area contributed by atoms with Crippen molar-refractivity contribution in [1.29, 1.82) is 0 Å². The Balaban J connectivity index is 0.00000161. The Labute approximate surface area is 869 Å². The maximum atomic E-state index is 9.87. The molecule has 0 aliphatic heterocycles. The number of aromatic nitrogens is 20. The summed E-state index contributed by atoms with van der Waals surface area (Å²) in [4.78, 5) is 85.5. The standard InChI is InChI=1S/3C14H10N4.4C10H8N2.2ClH.6F6P.Pt.2Ru/c3*1-3-7-15-11(5-1)13-14(18-10-9-17-13)12-6-2-4-8-16-12;4*1-3-7-11-9(5-1)10-6-2-4-8-12-10;;;6*1-7(2,3,4,5)6;;;/h3*1-10H;4*1-8H;2*1H;;;;;;;;;/q;;;;;;;;;6*-1;+2;2*+3/p-2. The minimum atomic E-state index is -10.7. The number of nitrogens with zero attached hydrogens (tertiary/aromatic N) is 20. The molecule has 17 aromatic rings. The van der Waals surface area contributed by atoms with Gasteiger partial charge in [-0.05, 0) is 170 Å². The second-order valence-corrected chi connectivity index (χ2v) is 38.0. The van der Waals surface area contributed by atoms with Crippen molar-refractivity contribution in [2.75, 3.05) is 0 Å². The molecule has 2 radical (unpaired) electrons. The number of rotatable bonds is 10. The molecule has 0 amide bonds. The third kappa shape index (κ3) is 81.5. The maximum Gasteiger partial charge on any atom is 3.00 e. The Kier molecular flexibility index (Phi) is 47.0. The van der Waals surface area contributed by atoms with E-state index in [1.54, 1.807) is 124 Å². The molecule has 0 aliphatic carbocycles. The smallest absolute Gasteiger partial charge is 1.00 e. The van der Waals surface area contributed by atoms with Gasteiger partial charge in [-0.15, -0.1) is 0 Å². The fraction of sp³-hybridized carbons (Fsp3) is 0. The van der Waals surface area contributed by atoms with Crippen LogP contribution in [-0.2, 0) is 60.0 Å². The second-order valence-electron chi connectivity index (χ2n) is 26.5. The van der Waals surface area contributed by atoms with Crippen LogP contribution >= 0.6 is 46.9 Å². The van der Waals surface area contributed by atoms with Gasteiger partial charge in [0.2, 0.25) is 0 Å². The van der Waals surface area contributed by atoms with Crippen LogP contribution in [0.25, 0.3) is 114 Å². The van der Waals surface area contributed by atoms with Gasteiger partial charge >= 0.3 is 258 Å². The van der Waals surface area contributed by atoms with E-state index < -0.39 is 46.9 Å².